The van der Waals surface area contributed by atoms with Gasteiger partial charge in [0.25, 0.3) is 0 Å². The number of hydrogen-bond acceptors (Lipinski definition) is 7. The number of likely N-dealkylation sites (N-methyl/N-ethyl adjacent to an activating group) is 1. The number of thiazole rings is 1. The van der Waals surface area contributed by atoms with E-state index in [1.165, 1.54) is 0 Å². The molecule has 0 bridgehead atoms. The minimum Gasteiger partial charge on any atom is -0.354 e. The molecular formula is C25H26N6S. The van der Waals surface area contributed by atoms with Crippen molar-refractivity contribution in [2.75, 3.05) is 43.4 Å². The number of nitrogens with zero attached hydrogens (tertiary/aromatic N) is 5. The van der Waals surface area contributed by atoms with Gasteiger partial charge in [-0.2, -0.15) is 0 Å². The first kappa shape index (κ1) is 20.6. The molecule has 1 saturated heterocycles. The van der Waals surface area contributed by atoms with Crippen LogP contribution in [0.4, 0.5) is 16.8 Å². The summed E-state index contributed by atoms with van der Waals surface area (Å²) in [5, 5.41) is 6.20. The van der Waals surface area contributed by atoms with Crippen molar-refractivity contribution in [3.05, 3.63) is 71.9 Å². The monoisotopic (exact) mass is 442 g/mol. The van der Waals surface area contributed by atoms with Crippen molar-refractivity contribution in [3.63, 3.8) is 0 Å². The summed E-state index contributed by atoms with van der Waals surface area (Å²) < 4.78 is 0. The average molecular weight is 443 g/mol. The zero-order chi connectivity index (χ0) is 21.9. The molecule has 6 nitrogen and oxygen atoms in total. The van der Waals surface area contributed by atoms with Gasteiger partial charge in [0.05, 0.1) is 5.69 Å². The van der Waals surface area contributed by atoms with E-state index in [0.29, 0.717) is 0 Å². The highest BCUT2D eigenvalue weighted by atomic mass is 32.1. The Balaban J connectivity index is 1.27. The Hall–Kier alpha value is -3.29. The number of piperazine rings is 1. The van der Waals surface area contributed by atoms with Crippen molar-refractivity contribution in [1.82, 2.24) is 19.9 Å². The summed E-state index contributed by atoms with van der Waals surface area (Å²) in [5.74, 6) is 1.87. The Bertz CT molecular complexity index is 1180. The van der Waals surface area contributed by atoms with E-state index in [9.17, 15) is 0 Å². The fourth-order valence-electron chi connectivity index (χ4n) is 3.80. The third kappa shape index (κ3) is 4.64. The quantitative estimate of drug-likeness (QED) is 0.466. The van der Waals surface area contributed by atoms with Crippen LogP contribution in [-0.2, 0) is 0 Å². The van der Waals surface area contributed by atoms with E-state index in [4.69, 9.17) is 9.97 Å². The van der Waals surface area contributed by atoms with Crippen molar-refractivity contribution >= 4 is 28.1 Å². The van der Waals surface area contributed by atoms with Crippen LogP contribution in [0.5, 0.6) is 0 Å². The van der Waals surface area contributed by atoms with E-state index < -0.39 is 0 Å². The summed E-state index contributed by atoms with van der Waals surface area (Å²) in [6.07, 6.45) is 1.97. The van der Waals surface area contributed by atoms with Crippen LogP contribution >= 0.6 is 11.3 Å². The van der Waals surface area contributed by atoms with Crippen LogP contribution in [0.1, 0.15) is 5.69 Å². The molecule has 3 aromatic heterocycles. The normalized spacial score (nSPS) is 14.5. The van der Waals surface area contributed by atoms with Gasteiger partial charge in [-0.05, 0) is 43.8 Å². The summed E-state index contributed by atoms with van der Waals surface area (Å²) in [6.45, 7) is 6.21. The molecule has 32 heavy (non-hydrogen) atoms. The van der Waals surface area contributed by atoms with Gasteiger partial charge in [0.1, 0.15) is 11.6 Å². The summed E-state index contributed by atoms with van der Waals surface area (Å²) >= 11 is 1.58. The lowest BCUT2D eigenvalue weighted by molar-refractivity contribution is 0.312. The predicted octanol–water partition coefficient (Wildman–Crippen LogP) is 5.07. The minimum atomic E-state index is 0.814. The fourth-order valence-corrected chi connectivity index (χ4v) is 4.53. The van der Waals surface area contributed by atoms with Gasteiger partial charge in [-0.3, -0.25) is 0 Å². The number of hydrogen-bond donors (Lipinski definition) is 1. The van der Waals surface area contributed by atoms with Crippen LogP contribution in [0.3, 0.4) is 0 Å². The number of aromatic nitrogens is 3. The number of anilines is 3. The SMILES string of the molecule is Cc1cccc(Nc2nc(-c3ccc(-c4ccc(N5CCN(C)CC5)nc4)cc3)cs2)n1. The Morgan fingerprint density at radius 1 is 0.844 bits per heavy atom. The van der Waals surface area contributed by atoms with Crippen molar-refractivity contribution in [1.29, 1.82) is 0 Å². The van der Waals surface area contributed by atoms with Gasteiger partial charge >= 0.3 is 0 Å². The smallest absolute Gasteiger partial charge is 0.188 e. The lowest BCUT2D eigenvalue weighted by Crippen LogP contribution is -2.44. The molecule has 0 aliphatic carbocycles. The van der Waals surface area contributed by atoms with Gasteiger partial charge in [-0.25, -0.2) is 15.0 Å². The maximum Gasteiger partial charge on any atom is 0.188 e. The Labute approximate surface area is 192 Å². The molecule has 1 aromatic carbocycles. The lowest BCUT2D eigenvalue weighted by Gasteiger charge is -2.33. The fraction of sp³-hybridized carbons (Fsp3) is 0.240. The van der Waals surface area contributed by atoms with Gasteiger partial charge in [0.2, 0.25) is 0 Å². The standard InChI is InChI=1S/C25H26N6S/c1-18-4-3-5-23(27-18)29-25-28-22(17-32-25)20-8-6-19(7-9-20)21-10-11-24(26-16-21)31-14-12-30(2)13-15-31/h3-11,16-17H,12-15H2,1-2H3,(H,27,28,29). The summed E-state index contributed by atoms with van der Waals surface area (Å²) in [6, 6.07) is 18.7. The molecule has 0 radical (unpaired) electrons. The molecule has 4 aromatic rings. The van der Waals surface area contributed by atoms with E-state index in [1.807, 2.05) is 31.3 Å². The van der Waals surface area contributed by atoms with Crippen LogP contribution < -0.4 is 10.2 Å². The summed E-state index contributed by atoms with van der Waals surface area (Å²) in [7, 11) is 2.17. The summed E-state index contributed by atoms with van der Waals surface area (Å²) in [4.78, 5) is 18.6. The molecule has 1 aliphatic rings. The van der Waals surface area contributed by atoms with Gasteiger partial charge in [-0.15, -0.1) is 11.3 Å². The molecular weight excluding hydrogens is 416 g/mol. The molecule has 0 spiro atoms. The Kier molecular flexibility index (Phi) is 5.83. The van der Waals surface area contributed by atoms with E-state index in [2.05, 4.69) is 68.9 Å². The number of benzene rings is 1. The second kappa shape index (κ2) is 9.06. The second-order valence-electron chi connectivity index (χ2n) is 8.10. The van der Waals surface area contributed by atoms with E-state index in [1.54, 1.807) is 11.3 Å². The van der Waals surface area contributed by atoms with Gasteiger partial charge < -0.3 is 15.1 Å². The first-order chi connectivity index (χ1) is 15.6. The van der Waals surface area contributed by atoms with Gasteiger partial charge in [-0.1, -0.05) is 30.3 Å². The maximum absolute atomic E-state index is 4.72. The predicted molar refractivity (Wildman–Crippen MR) is 133 cm³/mol. The number of aryl methyl sites for hydroxylation is 1. The second-order valence-corrected chi connectivity index (χ2v) is 8.96. The third-order valence-corrected chi connectivity index (χ3v) is 6.47. The first-order valence-electron chi connectivity index (χ1n) is 10.8. The summed E-state index contributed by atoms with van der Waals surface area (Å²) in [5.41, 5.74) is 5.32. The molecule has 1 fully saturated rings. The number of pyridine rings is 2. The molecule has 0 saturated carbocycles. The zero-order valence-corrected chi connectivity index (χ0v) is 19.1. The van der Waals surface area contributed by atoms with Crippen LogP contribution in [0.25, 0.3) is 22.4 Å². The van der Waals surface area contributed by atoms with Crippen LogP contribution in [-0.4, -0.2) is 53.1 Å². The van der Waals surface area contributed by atoms with Crippen LogP contribution in [0, 0.1) is 6.92 Å². The van der Waals surface area contributed by atoms with E-state index >= 15 is 0 Å². The highest BCUT2D eigenvalue weighted by Crippen LogP contribution is 2.29. The largest absolute Gasteiger partial charge is 0.354 e. The maximum atomic E-state index is 4.72. The van der Waals surface area contributed by atoms with Gasteiger partial charge in [0.15, 0.2) is 5.13 Å². The highest BCUT2D eigenvalue weighted by Gasteiger charge is 2.15. The highest BCUT2D eigenvalue weighted by molar-refractivity contribution is 7.14. The first-order valence-corrected chi connectivity index (χ1v) is 11.7. The van der Waals surface area contributed by atoms with Crippen molar-refractivity contribution in [2.24, 2.45) is 0 Å². The van der Waals surface area contributed by atoms with Crippen LogP contribution in [0.15, 0.2) is 66.2 Å². The number of nitrogens with one attached hydrogen (secondary N) is 1. The van der Waals surface area contributed by atoms with Crippen molar-refractivity contribution in [3.8, 4) is 22.4 Å². The van der Waals surface area contributed by atoms with E-state index in [0.717, 1.165) is 71.0 Å². The molecule has 0 amide bonds. The molecule has 0 unspecified atom stereocenters. The Morgan fingerprint density at radius 3 is 2.31 bits per heavy atom. The van der Waals surface area contributed by atoms with Gasteiger partial charge in [0, 0.05) is 54.6 Å². The lowest BCUT2D eigenvalue weighted by atomic mass is 10.0. The average Bonchev–Trinajstić information content (AvgIpc) is 3.28. The molecule has 0 atom stereocenters. The molecule has 1 aliphatic heterocycles. The van der Waals surface area contributed by atoms with E-state index in [-0.39, 0.29) is 0 Å². The molecule has 5 rings (SSSR count). The molecule has 1 N–H and O–H groups in total. The van der Waals surface area contributed by atoms with Crippen LogP contribution in [0.2, 0.25) is 0 Å². The molecule has 162 valence electrons. The molecule has 4 heterocycles. The van der Waals surface area contributed by atoms with Crippen molar-refractivity contribution in [2.45, 2.75) is 6.92 Å². The minimum absolute atomic E-state index is 0.814. The zero-order valence-electron chi connectivity index (χ0n) is 18.3. The van der Waals surface area contributed by atoms with Crippen molar-refractivity contribution < 1.29 is 0 Å². The molecule has 7 heteroatoms. The third-order valence-electron chi connectivity index (χ3n) is 5.72. The topological polar surface area (TPSA) is 57.2 Å². The number of rotatable bonds is 5. The Morgan fingerprint density at radius 2 is 1.59 bits per heavy atom.